The molecule has 1 unspecified atom stereocenters. The van der Waals surface area contributed by atoms with E-state index in [0.717, 1.165) is 21.4 Å². The molecule has 1 aliphatic rings. The van der Waals surface area contributed by atoms with E-state index in [0.29, 0.717) is 18.7 Å². The molecule has 7 nitrogen and oxygen atoms in total. The van der Waals surface area contributed by atoms with Crippen molar-refractivity contribution in [1.29, 1.82) is 0 Å². The van der Waals surface area contributed by atoms with Gasteiger partial charge < -0.3 is 10.4 Å². The number of benzene rings is 1. The van der Waals surface area contributed by atoms with Crippen LogP contribution in [0.15, 0.2) is 24.3 Å². The fraction of sp³-hybridized carbons (Fsp3) is 0.412. The molecule has 0 spiro atoms. The minimum absolute atomic E-state index is 0.0718. The predicted octanol–water partition coefficient (Wildman–Crippen LogP) is 2.60. The lowest BCUT2D eigenvalue weighted by Crippen LogP contribution is -2.48. The molecular weight excluding hydrogens is 376 g/mol. The number of carboxylic acids is 1. The number of amides is 1. The zero-order valence-corrected chi connectivity index (χ0v) is 16.1. The third-order valence-corrected chi connectivity index (χ3v) is 7.38. The SMILES string of the molecule is CC(C)C(C(=O)Nc1ccc2sc(C(=O)O)cc2c1)N1CCCS1(=O)=O. The average molecular weight is 396 g/mol. The lowest BCUT2D eigenvalue weighted by atomic mass is 10.0. The molecule has 1 saturated heterocycles. The molecular formula is C17H20N2O5S2. The highest BCUT2D eigenvalue weighted by atomic mass is 32.2. The summed E-state index contributed by atoms with van der Waals surface area (Å²) in [5.74, 6) is -1.47. The van der Waals surface area contributed by atoms with Crippen LogP contribution in [0.2, 0.25) is 0 Å². The number of aromatic carboxylic acids is 1. The van der Waals surface area contributed by atoms with Crippen molar-refractivity contribution in [3.8, 4) is 0 Å². The number of carbonyl (C=O) groups is 2. The van der Waals surface area contributed by atoms with E-state index >= 15 is 0 Å². The van der Waals surface area contributed by atoms with E-state index in [2.05, 4.69) is 5.32 Å². The molecule has 0 saturated carbocycles. The van der Waals surface area contributed by atoms with Gasteiger partial charge in [0.05, 0.1) is 5.75 Å². The number of sulfonamides is 1. The Bertz CT molecular complexity index is 965. The first-order chi connectivity index (χ1) is 12.2. The number of carboxylic acid groups (broad SMARTS) is 1. The van der Waals surface area contributed by atoms with E-state index in [-0.39, 0.29) is 22.5 Å². The van der Waals surface area contributed by atoms with Crippen LogP contribution in [-0.4, -0.2) is 48.0 Å². The summed E-state index contributed by atoms with van der Waals surface area (Å²) in [4.78, 5) is 24.1. The second-order valence-electron chi connectivity index (χ2n) is 6.63. The summed E-state index contributed by atoms with van der Waals surface area (Å²) in [5.41, 5.74) is 0.513. The summed E-state index contributed by atoms with van der Waals surface area (Å²) < 4.78 is 26.5. The van der Waals surface area contributed by atoms with Crippen molar-refractivity contribution in [2.45, 2.75) is 26.3 Å². The van der Waals surface area contributed by atoms with Gasteiger partial charge in [0.15, 0.2) is 0 Å². The monoisotopic (exact) mass is 396 g/mol. The van der Waals surface area contributed by atoms with Gasteiger partial charge in [-0.15, -0.1) is 11.3 Å². The van der Waals surface area contributed by atoms with Crippen LogP contribution < -0.4 is 5.32 Å². The lowest BCUT2D eigenvalue weighted by Gasteiger charge is -2.28. The Hall–Kier alpha value is -1.97. The summed E-state index contributed by atoms with van der Waals surface area (Å²) in [5, 5.41) is 12.6. The molecule has 1 atom stereocenters. The maximum absolute atomic E-state index is 12.8. The molecule has 26 heavy (non-hydrogen) atoms. The Morgan fingerprint density at radius 1 is 1.27 bits per heavy atom. The van der Waals surface area contributed by atoms with Gasteiger partial charge in [-0.2, -0.15) is 4.31 Å². The average Bonchev–Trinajstić information content (AvgIpc) is 3.10. The van der Waals surface area contributed by atoms with Gasteiger partial charge in [0.1, 0.15) is 10.9 Å². The normalized spacial score (nSPS) is 18.3. The van der Waals surface area contributed by atoms with Gasteiger partial charge in [-0.3, -0.25) is 4.79 Å². The first kappa shape index (κ1) is 18.8. The van der Waals surface area contributed by atoms with Crippen molar-refractivity contribution >= 4 is 49.0 Å². The smallest absolute Gasteiger partial charge is 0.345 e. The van der Waals surface area contributed by atoms with Crippen LogP contribution in [0, 0.1) is 5.92 Å². The Morgan fingerprint density at radius 3 is 2.58 bits per heavy atom. The molecule has 2 aromatic rings. The van der Waals surface area contributed by atoms with Crippen molar-refractivity contribution in [1.82, 2.24) is 4.31 Å². The number of thiophene rings is 1. The zero-order chi connectivity index (χ0) is 19.1. The number of nitrogens with one attached hydrogen (secondary N) is 1. The Morgan fingerprint density at radius 2 is 2.00 bits per heavy atom. The molecule has 0 radical (unpaired) electrons. The van der Waals surface area contributed by atoms with Crippen LogP contribution in [0.4, 0.5) is 5.69 Å². The van der Waals surface area contributed by atoms with E-state index < -0.39 is 22.0 Å². The van der Waals surface area contributed by atoms with Crippen LogP contribution in [0.25, 0.3) is 10.1 Å². The summed E-state index contributed by atoms with van der Waals surface area (Å²) in [6.07, 6.45) is 0.525. The largest absolute Gasteiger partial charge is 0.477 e. The van der Waals surface area contributed by atoms with Gasteiger partial charge >= 0.3 is 5.97 Å². The molecule has 9 heteroatoms. The first-order valence-electron chi connectivity index (χ1n) is 8.26. The van der Waals surface area contributed by atoms with Crippen molar-refractivity contribution in [3.05, 3.63) is 29.1 Å². The number of nitrogens with zero attached hydrogens (tertiary/aromatic N) is 1. The Balaban J connectivity index is 1.85. The maximum Gasteiger partial charge on any atom is 0.345 e. The lowest BCUT2D eigenvalue weighted by molar-refractivity contribution is -0.120. The van der Waals surface area contributed by atoms with E-state index in [1.807, 2.05) is 13.8 Å². The highest BCUT2D eigenvalue weighted by Crippen LogP contribution is 2.29. The van der Waals surface area contributed by atoms with Gasteiger partial charge in [0.25, 0.3) is 0 Å². The fourth-order valence-electron chi connectivity index (χ4n) is 3.18. The van der Waals surface area contributed by atoms with E-state index in [4.69, 9.17) is 5.11 Å². The second kappa shape index (κ2) is 6.98. The van der Waals surface area contributed by atoms with Gasteiger partial charge in [-0.05, 0) is 42.0 Å². The van der Waals surface area contributed by atoms with Crippen LogP contribution >= 0.6 is 11.3 Å². The Kier molecular flexibility index (Phi) is 5.05. The van der Waals surface area contributed by atoms with Gasteiger partial charge in [-0.1, -0.05) is 13.8 Å². The molecule has 3 rings (SSSR count). The van der Waals surface area contributed by atoms with Crippen molar-refractivity contribution in [2.24, 2.45) is 5.92 Å². The summed E-state index contributed by atoms with van der Waals surface area (Å²) >= 11 is 1.16. The second-order valence-corrected chi connectivity index (χ2v) is 9.75. The topological polar surface area (TPSA) is 104 Å². The molecule has 1 aromatic heterocycles. The van der Waals surface area contributed by atoms with Gasteiger partial charge in [0.2, 0.25) is 15.9 Å². The summed E-state index contributed by atoms with van der Waals surface area (Å²) in [7, 11) is -3.40. The minimum Gasteiger partial charge on any atom is -0.477 e. The number of anilines is 1. The number of carbonyl (C=O) groups excluding carboxylic acids is 1. The van der Waals surface area contributed by atoms with E-state index in [1.54, 1.807) is 24.3 Å². The number of fused-ring (bicyclic) bond motifs is 1. The highest BCUT2D eigenvalue weighted by molar-refractivity contribution is 7.89. The fourth-order valence-corrected chi connectivity index (χ4v) is 5.88. The van der Waals surface area contributed by atoms with Crippen molar-refractivity contribution in [2.75, 3.05) is 17.6 Å². The molecule has 1 amide bonds. The van der Waals surface area contributed by atoms with Crippen LogP contribution in [-0.2, 0) is 14.8 Å². The number of rotatable bonds is 5. The molecule has 1 fully saturated rings. The predicted molar refractivity (Wildman–Crippen MR) is 101 cm³/mol. The number of hydrogen-bond acceptors (Lipinski definition) is 5. The van der Waals surface area contributed by atoms with Crippen LogP contribution in [0.3, 0.4) is 0 Å². The van der Waals surface area contributed by atoms with E-state index in [1.165, 1.54) is 4.31 Å². The zero-order valence-electron chi connectivity index (χ0n) is 14.4. The molecule has 0 bridgehead atoms. The summed E-state index contributed by atoms with van der Waals surface area (Å²) in [6.45, 7) is 3.99. The Labute approximate surface area is 155 Å². The molecule has 140 valence electrons. The van der Waals surface area contributed by atoms with Crippen LogP contribution in [0.5, 0.6) is 0 Å². The molecule has 2 heterocycles. The third-order valence-electron chi connectivity index (χ3n) is 4.34. The standard InChI is InChI=1S/C17H20N2O5S2/c1-10(2)15(19-6-3-7-26(19,23)24)16(20)18-12-4-5-13-11(8-12)9-14(25-13)17(21)22/h4-5,8-10,15H,3,6-7H2,1-2H3,(H,18,20)(H,21,22). The minimum atomic E-state index is -3.40. The molecule has 0 aliphatic carbocycles. The molecule has 1 aromatic carbocycles. The van der Waals surface area contributed by atoms with Gasteiger partial charge in [-0.25, -0.2) is 13.2 Å². The van der Waals surface area contributed by atoms with Gasteiger partial charge in [0, 0.05) is 16.9 Å². The highest BCUT2D eigenvalue weighted by Gasteiger charge is 2.39. The summed E-state index contributed by atoms with van der Waals surface area (Å²) in [6, 6.07) is 5.93. The third kappa shape index (κ3) is 3.60. The molecule has 2 N–H and O–H groups in total. The molecule has 1 aliphatic heterocycles. The maximum atomic E-state index is 12.8. The first-order valence-corrected chi connectivity index (χ1v) is 10.7. The van der Waals surface area contributed by atoms with E-state index in [9.17, 15) is 18.0 Å². The van der Waals surface area contributed by atoms with Crippen LogP contribution in [0.1, 0.15) is 29.9 Å². The van der Waals surface area contributed by atoms with Crippen molar-refractivity contribution < 1.29 is 23.1 Å². The van der Waals surface area contributed by atoms with Crippen molar-refractivity contribution in [3.63, 3.8) is 0 Å². The quantitative estimate of drug-likeness (QED) is 0.808. The number of hydrogen-bond donors (Lipinski definition) is 2.